The molecule has 0 unspecified atom stereocenters. The first kappa shape index (κ1) is 15.3. The lowest BCUT2D eigenvalue weighted by molar-refractivity contribution is -0.129. The lowest BCUT2D eigenvalue weighted by atomic mass is 10.2. The summed E-state index contributed by atoms with van der Waals surface area (Å²) in [6, 6.07) is 9.18. The van der Waals surface area contributed by atoms with Crippen LogP contribution >= 0.6 is 11.3 Å². The van der Waals surface area contributed by atoms with E-state index in [0.717, 1.165) is 4.88 Å². The standard InChI is InChI=1S/C17H15NO4S/c1-10-4-6-12(23-10)9-13-17(19)22-16(18-13)11-5-7-14(20-2)15(8-11)21-3/h4-9H,1-3H3. The minimum atomic E-state index is -0.458. The van der Waals surface area contributed by atoms with Gasteiger partial charge in [0, 0.05) is 15.3 Å². The molecule has 23 heavy (non-hydrogen) atoms. The summed E-state index contributed by atoms with van der Waals surface area (Å²) in [7, 11) is 3.11. The van der Waals surface area contributed by atoms with E-state index >= 15 is 0 Å². The second-order valence-electron chi connectivity index (χ2n) is 4.85. The number of esters is 1. The van der Waals surface area contributed by atoms with E-state index in [-0.39, 0.29) is 11.6 Å². The first-order chi connectivity index (χ1) is 11.1. The van der Waals surface area contributed by atoms with E-state index in [0.29, 0.717) is 17.1 Å². The Hall–Kier alpha value is -2.60. The SMILES string of the molecule is COc1ccc(C2=NC(=Cc3ccc(C)s3)C(=O)O2)cc1OC. The van der Waals surface area contributed by atoms with Gasteiger partial charge in [0.2, 0.25) is 5.90 Å². The van der Waals surface area contributed by atoms with Crippen molar-refractivity contribution in [1.82, 2.24) is 0 Å². The topological polar surface area (TPSA) is 57.1 Å². The zero-order chi connectivity index (χ0) is 16.4. The van der Waals surface area contributed by atoms with Gasteiger partial charge in [-0.3, -0.25) is 0 Å². The average molecular weight is 329 g/mol. The van der Waals surface area contributed by atoms with Gasteiger partial charge in [0.15, 0.2) is 17.2 Å². The number of hydrogen-bond acceptors (Lipinski definition) is 6. The van der Waals surface area contributed by atoms with Crippen LogP contribution in [0.3, 0.4) is 0 Å². The van der Waals surface area contributed by atoms with Gasteiger partial charge in [0.25, 0.3) is 0 Å². The zero-order valence-corrected chi connectivity index (χ0v) is 13.8. The van der Waals surface area contributed by atoms with E-state index in [9.17, 15) is 4.79 Å². The molecule has 0 radical (unpaired) electrons. The normalized spacial score (nSPS) is 15.5. The molecule has 0 atom stereocenters. The molecule has 0 saturated carbocycles. The number of rotatable bonds is 4. The number of cyclic esters (lactones) is 1. The largest absolute Gasteiger partial charge is 0.493 e. The summed E-state index contributed by atoms with van der Waals surface area (Å²) in [5.41, 5.74) is 0.943. The van der Waals surface area contributed by atoms with Gasteiger partial charge in [-0.2, -0.15) is 0 Å². The minimum absolute atomic E-state index is 0.260. The molecule has 0 N–H and O–H groups in total. The summed E-state index contributed by atoms with van der Waals surface area (Å²) in [5, 5.41) is 0. The summed E-state index contributed by atoms with van der Waals surface area (Å²) in [4.78, 5) is 18.4. The summed E-state index contributed by atoms with van der Waals surface area (Å²) in [5.74, 6) is 0.956. The van der Waals surface area contributed by atoms with Crippen LogP contribution in [0.4, 0.5) is 0 Å². The highest BCUT2D eigenvalue weighted by atomic mass is 32.1. The Balaban J connectivity index is 1.93. The van der Waals surface area contributed by atoms with Crippen molar-refractivity contribution in [2.45, 2.75) is 6.92 Å². The molecule has 2 aromatic rings. The maximum absolute atomic E-state index is 12.0. The second-order valence-corrected chi connectivity index (χ2v) is 6.17. The molecule has 1 aliphatic rings. The number of carbonyl (C=O) groups is 1. The molecular formula is C17H15NO4S. The van der Waals surface area contributed by atoms with Crippen LogP contribution in [0.25, 0.3) is 6.08 Å². The molecule has 0 amide bonds. The molecular weight excluding hydrogens is 314 g/mol. The molecule has 6 heteroatoms. The number of thiophene rings is 1. The lowest BCUT2D eigenvalue weighted by Gasteiger charge is -2.08. The van der Waals surface area contributed by atoms with Gasteiger partial charge >= 0.3 is 5.97 Å². The van der Waals surface area contributed by atoms with Crippen LogP contribution < -0.4 is 9.47 Å². The Morgan fingerprint density at radius 2 is 1.91 bits per heavy atom. The van der Waals surface area contributed by atoms with Gasteiger partial charge in [0.1, 0.15) is 0 Å². The molecule has 1 aromatic heterocycles. The van der Waals surface area contributed by atoms with Crippen LogP contribution in [0.2, 0.25) is 0 Å². The van der Waals surface area contributed by atoms with Crippen molar-refractivity contribution in [2.75, 3.05) is 14.2 Å². The number of benzene rings is 1. The number of nitrogens with zero attached hydrogens (tertiary/aromatic N) is 1. The highest BCUT2D eigenvalue weighted by molar-refractivity contribution is 7.12. The van der Waals surface area contributed by atoms with Crippen LogP contribution in [-0.4, -0.2) is 26.1 Å². The lowest BCUT2D eigenvalue weighted by Crippen LogP contribution is -2.05. The van der Waals surface area contributed by atoms with Crippen LogP contribution in [-0.2, 0) is 9.53 Å². The number of carbonyl (C=O) groups excluding carboxylic acids is 1. The monoisotopic (exact) mass is 329 g/mol. The first-order valence-corrected chi connectivity index (χ1v) is 7.74. The Labute approximate surface area is 137 Å². The summed E-state index contributed by atoms with van der Waals surface area (Å²) in [6.45, 7) is 2.01. The maximum Gasteiger partial charge on any atom is 0.363 e. The van der Waals surface area contributed by atoms with E-state index in [1.807, 2.05) is 19.1 Å². The number of aliphatic imine (C=N–C) groups is 1. The predicted molar refractivity (Wildman–Crippen MR) is 89.2 cm³/mol. The Morgan fingerprint density at radius 3 is 2.57 bits per heavy atom. The Kier molecular flexibility index (Phi) is 4.16. The number of aryl methyl sites for hydroxylation is 1. The van der Waals surface area contributed by atoms with Crippen molar-refractivity contribution in [3.05, 3.63) is 51.3 Å². The second kappa shape index (κ2) is 6.26. The van der Waals surface area contributed by atoms with E-state index in [1.54, 1.807) is 49.8 Å². The highest BCUT2D eigenvalue weighted by Crippen LogP contribution is 2.30. The minimum Gasteiger partial charge on any atom is -0.493 e. The molecule has 1 aliphatic heterocycles. The molecule has 1 aromatic carbocycles. The Morgan fingerprint density at radius 1 is 1.13 bits per heavy atom. The van der Waals surface area contributed by atoms with Crippen LogP contribution in [0, 0.1) is 6.92 Å². The van der Waals surface area contributed by atoms with E-state index < -0.39 is 5.97 Å². The van der Waals surface area contributed by atoms with Gasteiger partial charge in [-0.05, 0) is 43.3 Å². The van der Waals surface area contributed by atoms with Gasteiger partial charge < -0.3 is 14.2 Å². The number of ether oxygens (including phenoxy) is 3. The van der Waals surface area contributed by atoms with Gasteiger partial charge in [0.05, 0.1) is 14.2 Å². The highest BCUT2D eigenvalue weighted by Gasteiger charge is 2.25. The van der Waals surface area contributed by atoms with E-state index in [2.05, 4.69) is 4.99 Å². The first-order valence-electron chi connectivity index (χ1n) is 6.92. The molecule has 0 saturated heterocycles. The van der Waals surface area contributed by atoms with Crippen molar-refractivity contribution in [2.24, 2.45) is 4.99 Å². The molecule has 0 spiro atoms. The van der Waals surface area contributed by atoms with Gasteiger partial charge in [-0.1, -0.05) is 0 Å². The molecule has 0 fully saturated rings. The van der Waals surface area contributed by atoms with E-state index in [4.69, 9.17) is 14.2 Å². The van der Waals surface area contributed by atoms with Crippen molar-refractivity contribution >= 4 is 29.3 Å². The third-order valence-corrected chi connectivity index (χ3v) is 4.24. The van der Waals surface area contributed by atoms with Gasteiger partial charge in [-0.25, -0.2) is 9.79 Å². The predicted octanol–water partition coefficient (Wildman–Crippen LogP) is 3.42. The van der Waals surface area contributed by atoms with Gasteiger partial charge in [-0.15, -0.1) is 11.3 Å². The molecule has 3 rings (SSSR count). The van der Waals surface area contributed by atoms with Crippen molar-refractivity contribution < 1.29 is 19.0 Å². The molecule has 5 nitrogen and oxygen atoms in total. The number of methoxy groups -OCH3 is 2. The van der Waals surface area contributed by atoms with Crippen molar-refractivity contribution in [3.63, 3.8) is 0 Å². The number of hydrogen-bond donors (Lipinski definition) is 0. The third-order valence-electron chi connectivity index (χ3n) is 3.29. The smallest absolute Gasteiger partial charge is 0.363 e. The molecule has 0 bridgehead atoms. The van der Waals surface area contributed by atoms with Crippen molar-refractivity contribution in [3.8, 4) is 11.5 Å². The van der Waals surface area contributed by atoms with Crippen LogP contribution in [0.1, 0.15) is 15.3 Å². The third kappa shape index (κ3) is 3.12. The quantitative estimate of drug-likeness (QED) is 0.637. The molecule has 118 valence electrons. The fourth-order valence-electron chi connectivity index (χ4n) is 2.17. The Bertz CT molecular complexity index is 820. The molecule has 0 aliphatic carbocycles. The maximum atomic E-state index is 12.0. The average Bonchev–Trinajstić information content (AvgIpc) is 3.13. The summed E-state index contributed by atoms with van der Waals surface area (Å²) in [6.07, 6.45) is 1.73. The molecule has 2 heterocycles. The zero-order valence-electron chi connectivity index (χ0n) is 13.0. The van der Waals surface area contributed by atoms with E-state index in [1.165, 1.54) is 4.88 Å². The fraction of sp³-hybridized carbons (Fsp3) is 0.176. The van der Waals surface area contributed by atoms with Crippen LogP contribution in [0.15, 0.2) is 41.0 Å². The summed E-state index contributed by atoms with van der Waals surface area (Å²) < 4.78 is 15.7. The fourth-order valence-corrected chi connectivity index (χ4v) is 2.98. The van der Waals surface area contributed by atoms with Crippen LogP contribution in [0.5, 0.6) is 11.5 Å². The summed E-state index contributed by atoms with van der Waals surface area (Å²) >= 11 is 1.59. The van der Waals surface area contributed by atoms with Crippen molar-refractivity contribution in [1.29, 1.82) is 0 Å².